The third kappa shape index (κ3) is 4.22. The van der Waals surface area contributed by atoms with Gasteiger partial charge in [-0.2, -0.15) is 13.2 Å². The maximum absolute atomic E-state index is 13.3. The van der Waals surface area contributed by atoms with Gasteiger partial charge in [0.25, 0.3) is 0 Å². The van der Waals surface area contributed by atoms with Crippen LogP contribution >= 0.6 is 0 Å². The highest BCUT2D eigenvalue weighted by molar-refractivity contribution is 5.88. The fourth-order valence-electron chi connectivity index (χ4n) is 2.79. The van der Waals surface area contributed by atoms with E-state index >= 15 is 0 Å². The number of nitrogens with zero attached hydrogens (tertiary/aromatic N) is 7. The minimum absolute atomic E-state index is 0.0380. The van der Waals surface area contributed by atoms with E-state index in [1.165, 1.54) is 18.7 Å². The number of fused-ring (bicyclic) bond motifs is 1. The van der Waals surface area contributed by atoms with E-state index in [9.17, 15) is 17.6 Å². The van der Waals surface area contributed by atoms with E-state index in [2.05, 4.69) is 40.2 Å². The van der Waals surface area contributed by atoms with Crippen LogP contribution in [0.25, 0.3) is 22.6 Å². The highest BCUT2D eigenvalue weighted by atomic mass is 19.4. The molecule has 0 atom stereocenters. The minimum Gasteiger partial charge on any atom is -0.322 e. The van der Waals surface area contributed by atoms with Gasteiger partial charge in [0.1, 0.15) is 24.2 Å². The van der Waals surface area contributed by atoms with E-state index in [1.807, 2.05) is 6.92 Å². The van der Waals surface area contributed by atoms with E-state index in [-0.39, 0.29) is 17.2 Å². The molecule has 4 rings (SSSR count). The quantitative estimate of drug-likeness (QED) is 0.473. The molecule has 0 saturated carbocycles. The molecule has 0 saturated heterocycles. The number of halogens is 4. The standard InChI is InChI=1S/C19H14F4N8/c1-2-12-3-13(31-18-26-6-11(7-27-18)19(21,22)23)16-17(29-12)30-14(8-25-16)15-10(4-20)5-24-9-28-15/h3,5-9H,2,4H2,1H3,(H,26,27,29,30,31). The number of pyridine rings is 1. The monoisotopic (exact) mass is 430 g/mol. The Morgan fingerprint density at radius 1 is 0.968 bits per heavy atom. The third-order valence-corrected chi connectivity index (χ3v) is 4.33. The van der Waals surface area contributed by atoms with E-state index in [1.54, 1.807) is 6.07 Å². The Kier molecular flexibility index (Phi) is 5.36. The third-order valence-electron chi connectivity index (χ3n) is 4.33. The lowest BCUT2D eigenvalue weighted by atomic mass is 10.2. The molecule has 12 heteroatoms. The molecule has 0 amide bonds. The molecule has 0 unspecified atom stereocenters. The maximum Gasteiger partial charge on any atom is 0.419 e. The largest absolute Gasteiger partial charge is 0.419 e. The highest BCUT2D eigenvalue weighted by Crippen LogP contribution is 2.29. The van der Waals surface area contributed by atoms with Crippen LogP contribution < -0.4 is 5.32 Å². The molecule has 0 radical (unpaired) electrons. The molecule has 4 aromatic heterocycles. The van der Waals surface area contributed by atoms with Gasteiger partial charge in [0, 0.05) is 29.8 Å². The van der Waals surface area contributed by atoms with Gasteiger partial charge in [0.05, 0.1) is 23.1 Å². The van der Waals surface area contributed by atoms with Crippen molar-refractivity contribution in [1.82, 2.24) is 34.9 Å². The van der Waals surface area contributed by atoms with Crippen LogP contribution in [0, 0.1) is 0 Å². The molecule has 0 bridgehead atoms. The number of aromatic nitrogens is 7. The van der Waals surface area contributed by atoms with Crippen molar-refractivity contribution in [1.29, 1.82) is 0 Å². The van der Waals surface area contributed by atoms with Crippen LogP contribution in [0.3, 0.4) is 0 Å². The molecule has 0 aliphatic heterocycles. The van der Waals surface area contributed by atoms with Gasteiger partial charge in [0.15, 0.2) is 5.65 Å². The Balaban J connectivity index is 1.75. The average molecular weight is 430 g/mol. The van der Waals surface area contributed by atoms with Gasteiger partial charge in [-0.1, -0.05) is 6.92 Å². The van der Waals surface area contributed by atoms with Gasteiger partial charge in [-0.05, 0) is 12.5 Å². The zero-order chi connectivity index (χ0) is 22.0. The van der Waals surface area contributed by atoms with Crippen molar-refractivity contribution >= 4 is 22.8 Å². The number of hydrogen-bond acceptors (Lipinski definition) is 8. The van der Waals surface area contributed by atoms with Crippen LogP contribution in [-0.2, 0) is 19.3 Å². The zero-order valence-electron chi connectivity index (χ0n) is 16.0. The molecule has 4 aromatic rings. The van der Waals surface area contributed by atoms with Crippen molar-refractivity contribution in [2.75, 3.05) is 5.32 Å². The van der Waals surface area contributed by atoms with Crippen molar-refractivity contribution in [3.05, 3.63) is 54.0 Å². The van der Waals surface area contributed by atoms with Gasteiger partial charge in [-0.15, -0.1) is 0 Å². The molecular formula is C19H14F4N8. The second-order valence-electron chi connectivity index (χ2n) is 6.39. The van der Waals surface area contributed by atoms with Crippen LogP contribution in [0.15, 0.2) is 37.2 Å². The summed E-state index contributed by atoms with van der Waals surface area (Å²) in [5, 5.41) is 2.86. The molecule has 4 heterocycles. The summed E-state index contributed by atoms with van der Waals surface area (Å²) in [5.41, 5.74) is 1.62. The second kappa shape index (κ2) is 8.13. The van der Waals surface area contributed by atoms with E-state index in [0.29, 0.717) is 47.1 Å². The molecule has 31 heavy (non-hydrogen) atoms. The van der Waals surface area contributed by atoms with Crippen molar-refractivity contribution in [2.24, 2.45) is 0 Å². The van der Waals surface area contributed by atoms with Gasteiger partial charge in [-0.3, -0.25) is 0 Å². The lowest BCUT2D eigenvalue weighted by molar-refractivity contribution is -0.138. The summed E-state index contributed by atoms with van der Waals surface area (Å²) in [6.07, 6.45) is 1.47. The van der Waals surface area contributed by atoms with E-state index < -0.39 is 18.4 Å². The molecule has 0 aliphatic rings. The normalized spacial score (nSPS) is 11.6. The summed E-state index contributed by atoms with van der Waals surface area (Å²) in [4.78, 5) is 28.6. The number of aryl methyl sites for hydroxylation is 1. The molecular weight excluding hydrogens is 416 g/mol. The summed E-state index contributed by atoms with van der Waals surface area (Å²) in [5.74, 6) is -0.0380. The van der Waals surface area contributed by atoms with Gasteiger partial charge >= 0.3 is 6.18 Å². The van der Waals surface area contributed by atoms with Gasteiger partial charge in [-0.25, -0.2) is 39.3 Å². The van der Waals surface area contributed by atoms with Gasteiger partial charge < -0.3 is 5.32 Å². The summed E-state index contributed by atoms with van der Waals surface area (Å²) in [6.45, 7) is 1.12. The Bertz CT molecular complexity index is 1230. The first-order chi connectivity index (χ1) is 14.9. The molecule has 0 spiro atoms. The van der Waals surface area contributed by atoms with Crippen molar-refractivity contribution in [2.45, 2.75) is 26.2 Å². The fraction of sp³-hybridized carbons (Fsp3) is 0.211. The lowest BCUT2D eigenvalue weighted by Crippen LogP contribution is -2.08. The van der Waals surface area contributed by atoms with Crippen LogP contribution in [0.2, 0.25) is 0 Å². The van der Waals surface area contributed by atoms with Crippen LogP contribution in [0.5, 0.6) is 0 Å². The van der Waals surface area contributed by atoms with Crippen LogP contribution in [-0.4, -0.2) is 34.9 Å². The second-order valence-corrected chi connectivity index (χ2v) is 6.39. The Morgan fingerprint density at radius 2 is 1.74 bits per heavy atom. The predicted molar refractivity (Wildman–Crippen MR) is 103 cm³/mol. The Morgan fingerprint density at radius 3 is 2.42 bits per heavy atom. The summed E-state index contributed by atoms with van der Waals surface area (Å²) in [7, 11) is 0. The Labute approximate surface area is 172 Å². The Hall–Kier alpha value is -3.83. The average Bonchev–Trinajstić information content (AvgIpc) is 2.78. The van der Waals surface area contributed by atoms with Crippen molar-refractivity contribution < 1.29 is 17.6 Å². The molecule has 158 valence electrons. The summed E-state index contributed by atoms with van der Waals surface area (Å²) < 4.78 is 51.5. The fourth-order valence-corrected chi connectivity index (χ4v) is 2.79. The number of anilines is 2. The van der Waals surface area contributed by atoms with Gasteiger partial charge in [0.2, 0.25) is 5.95 Å². The van der Waals surface area contributed by atoms with E-state index in [4.69, 9.17) is 0 Å². The highest BCUT2D eigenvalue weighted by Gasteiger charge is 2.31. The first-order valence-electron chi connectivity index (χ1n) is 9.07. The molecule has 0 aromatic carbocycles. The minimum atomic E-state index is -4.53. The first kappa shape index (κ1) is 20.4. The number of nitrogens with one attached hydrogen (secondary N) is 1. The predicted octanol–water partition coefficient (Wildman–Crippen LogP) is 4.07. The number of alkyl halides is 4. The SMILES string of the molecule is CCc1cc(Nc2ncc(C(F)(F)F)cn2)c2ncc(-c3ncncc3CF)nc2n1. The molecule has 8 nitrogen and oxygen atoms in total. The topological polar surface area (TPSA) is 102 Å². The molecule has 0 aliphatic carbocycles. The van der Waals surface area contributed by atoms with Crippen LogP contribution in [0.1, 0.15) is 23.7 Å². The molecule has 0 fully saturated rings. The van der Waals surface area contributed by atoms with Crippen LogP contribution in [0.4, 0.5) is 29.2 Å². The van der Waals surface area contributed by atoms with Crippen molar-refractivity contribution in [3.8, 4) is 11.4 Å². The number of hydrogen-bond donors (Lipinski definition) is 1. The van der Waals surface area contributed by atoms with Crippen molar-refractivity contribution in [3.63, 3.8) is 0 Å². The summed E-state index contributed by atoms with van der Waals surface area (Å²) >= 11 is 0. The number of rotatable bonds is 5. The lowest BCUT2D eigenvalue weighted by Gasteiger charge is -2.11. The summed E-state index contributed by atoms with van der Waals surface area (Å²) in [6, 6.07) is 1.69. The molecule has 1 N–H and O–H groups in total. The smallest absolute Gasteiger partial charge is 0.322 e. The maximum atomic E-state index is 13.3. The zero-order valence-corrected chi connectivity index (χ0v) is 16.0. The first-order valence-corrected chi connectivity index (χ1v) is 9.07. The van der Waals surface area contributed by atoms with E-state index in [0.717, 1.165) is 0 Å².